The van der Waals surface area contributed by atoms with Crippen molar-refractivity contribution in [3.63, 3.8) is 0 Å². The third kappa shape index (κ3) is 4.07. The van der Waals surface area contributed by atoms with Crippen molar-refractivity contribution in [1.82, 2.24) is 10.2 Å². The molecule has 1 atom stereocenters. The number of hydrogen-bond donors (Lipinski definition) is 1. The second kappa shape index (κ2) is 7.67. The van der Waals surface area contributed by atoms with E-state index in [0.717, 1.165) is 13.1 Å². The van der Waals surface area contributed by atoms with Crippen molar-refractivity contribution in [2.75, 3.05) is 19.6 Å². The van der Waals surface area contributed by atoms with Gasteiger partial charge in [0.25, 0.3) is 5.91 Å². The van der Waals surface area contributed by atoms with Crippen LogP contribution in [0.5, 0.6) is 0 Å². The smallest absolute Gasteiger partial charge is 0.251 e. The maximum atomic E-state index is 12.4. The zero-order valence-corrected chi connectivity index (χ0v) is 14.9. The maximum Gasteiger partial charge on any atom is 0.251 e. The fourth-order valence-corrected chi connectivity index (χ4v) is 3.91. The third-order valence-electron chi connectivity index (χ3n) is 4.15. The molecule has 0 unspecified atom stereocenters. The largest absolute Gasteiger partial charge is 0.350 e. The van der Waals surface area contributed by atoms with Crippen molar-refractivity contribution in [2.45, 2.75) is 18.9 Å². The molecule has 1 aromatic carbocycles. The molecule has 2 heterocycles. The Kier molecular flexibility index (Phi) is 5.59. The molecule has 3 rings (SSSR count). The molecule has 0 radical (unpaired) electrons. The number of hydrogen-bond acceptors (Lipinski definition) is 3. The Morgan fingerprint density at radius 2 is 2.00 bits per heavy atom. The Bertz CT molecular complexity index is 669. The highest BCUT2D eigenvalue weighted by molar-refractivity contribution is 7.08. The molecule has 6 heteroatoms. The molecule has 1 aromatic heterocycles. The molecule has 1 aliphatic rings. The van der Waals surface area contributed by atoms with Crippen molar-refractivity contribution >= 4 is 40.4 Å². The number of carbonyl (C=O) groups excluding carboxylic acids is 1. The average molecular weight is 369 g/mol. The van der Waals surface area contributed by atoms with E-state index in [1.54, 1.807) is 29.5 Å². The lowest BCUT2D eigenvalue weighted by molar-refractivity contribution is 0.0938. The Hall–Kier alpha value is -1.07. The van der Waals surface area contributed by atoms with Crippen LogP contribution in [0.2, 0.25) is 10.0 Å². The Balaban J connectivity index is 1.68. The summed E-state index contributed by atoms with van der Waals surface area (Å²) in [5.74, 6) is -0.122. The first kappa shape index (κ1) is 16.8. The van der Waals surface area contributed by atoms with Crippen LogP contribution in [0.3, 0.4) is 0 Å². The zero-order chi connectivity index (χ0) is 16.2. The molecule has 0 spiro atoms. The van der Waals surface area contributed by atoms with Crippen LogP contribution in [0.25, 0.3) is 0 Å². The first-order valence-corrected chi connectivity index (χ1v) is 9.34. The minimum absolute atomic E-state index is 0.122. The number of amides is 1. The van der Waals surface area contributed by atoms with Crippen LogP contribution in [0, 0.1) is 0 Å². The molecule has 1 amide bonds. The van der Waals surface area contributed by atoms with Gasteiger partial charge in [0.05, 0.1) is 16.1 Å². The summed E-state index contributed by atoms with van der Waals surface area (Å²) in [5.41, 5.74) is 1.80. The Morgan fingerprint density at radius 3 is 2.65 bits per heavy atom. The number of benzene rings is 1. The van der Waals surface area contributed by atoms with Crippen LogP contribution >= 0.6 is 34.5 Å². The SMILES string of the molecule is O=C(NC[C@H](c1ccsc1)N1CCCC1)c1ccc(Cl)c(Cl)c1. The predicted molar refractivity (Wildman–Crippen MR) is 96.7 cm³/mol. The summed E-state index contributed by atoms with van der Waals surface area (Å²) < 4.78 is 0. The van der Waals surface area contributed by atoms with Gasteiger partial charge in [-0.3, -0.25) is 9.69 Å². The van der Waals surface area contributed by atoms with Crippen LogP contribution < -0.4 is 5.32 Å². The lowest BCUT2D eigenvalue weighted by Gasteiger charge is -2.27. The number of carbonyl (C=O) groups is 1. The lowest BCUT2D eigenvalue weighted by atomic mass is 10.1. The molecule has 0 aliphatic carbocycles. The van der Waals surface area contributed by atoms with Gasteiger partial charge in [0.1, 0.15) is 0 Å². The molecule has 122 valence electrons. The number of nitrogens with zero attached hydrogens (tertiary/aromatic N) is 1. The number of halogens is 2. The van der Waals surface area contributed by atoms with Crippen molar-refractivity contribution in [3.05, 3.63) is 56.2 Å². The average Bonchev–Trinajstić information content (AvgIpc) is 3.24. The van der Waals surface area contributed by atoms with E-state index >= 15 is 0 Å². The van der Waals surface area contributed by atoms with E-state index in [4.69, 9.17) is 23.2 Å². The second-order valence-electron chi connectivity index (χ2n) is 5.65. The first-order chi connectivity index (χ1) is 11.1. The van der Waals surface area contributed by atoms with Crippen molar-refractivity contribution in [3.8, 4) is 0 Å². The van der Waals surface area contributed by atoms with E-state index < -0.39 is 0 Å². The van der Waals surface area contributed by atoms with Crippen molar-refractivity contribution < 1.29 is 4.79 Å². The van der Waals surface area contributed by atoms with Crippen molar-refractivity contribution in [2.24, 2.45) is 0 Å². The van der Waals surface area contributed by atoms with E-state index in [9.17, 15) is 4.79 Å². The molecule has 1 aliphatic heterocycles. The highest BCUT2D eigenvalue weighted by Gasteiger charge is 2.24. The number of likely N-dealkylation sites (tertiary alicyclic amines) is 1. The van der Waals surface area contributed by atoms with Gasteiger partial charge in [-0.15, -0.1) is 0 Å². The van der Waals surface area contributed by atoms with Crippen LogP contribution in [-0.2, 0) is 0 Å². The van der Waals surface area contributed by atoms with Gasteiger partial charge in [0, 0.05) is 12.1 Å². The first-order valence-electron chi connectivity index (χ1n) is 7.64. The maximum absolute atomic E-state index is 12.4. The fraction of sp³-hybridized carbons (Fsp3) is 0.353. The van der Waals surface area contributed by atoms with Gasteiger partial charge < -0.3 is 5.32 Å². The lowest BCUT2D eigenvalue weighted by Crippen LogP contribution is -2.36. The minimum Gasteiger partial charge on any atom is -0.350 e. The summed E-state index contributed by atoms with van der Waals surface area (Å²) in [5, 5.41) is 8.13. The number of nitrogens with one attached hydrogen (secondary N) is 1. The monoisotopic (exact) mass is 368 g/mol. The van der Waals surface area contributed by atoms with Crippen LogP contribution in [0.1, 0.15) is 34.8 Å². The van der Waals surface area contributed by atoms with Crippen LogP contribution in [-0.4, -0.2) is 30.4 Å². The van der Waals surface area contributed by atoms with Gasteiger partial charge in [-0.25, -0.2) is 0 Å². The van der Waals surface area contributed by atoms with Gasteiger partial charge >= 0.3 is 0 Å². The molecule has 0 saturated carbocycles. The molecule has 23 heavy (non-hydrogen) atoms. The molecular formula is C17H18Cl2N2OS. The summed E-state index contributed by atoms with van der Waals surface area (Å²) in [6, 6.07) is 7.32. The highest BCUT2D eigenvalue weighted by atomic mass is 35.5. The molecule has 0 bridgehead atoms. The summed E-state index contributed by atoms with van der Waals surface area (Å²) in [7, 11) is 0. The minimum atomic E-state index is -0.122. The number of rotatable bonds is 5. The molecule has 1 N–H and O–H groups in total. The van der Waals surface area contributed by atoms with Crippen LogP contribution in [0.4, 0.5) is 0 Å². The summed E-state index contributed by atoms with van der Waals surface area (Å²) in [4.78, 5) is 14.8. The topological polar surface area (TPSA) is 32.3 Å². The summed E-state index contributed by atoms with van der Waals surface area (Å²) >= 11 is 13.6. The molecular weight excluding hydrogens is 351 g/mol. The van der Waals surface area contributed by atoms with Crippen molar-refractivity contribution in [1.29, 1.82) is 0 Å². The van der Waals surface area contributed by atoms with E-state index in [-0.39, 0.29) is 11.9 Å². The normalized spacial score (nSPS) is 16.4. The Labute approximate surface area is 150 Å². The van der Waals surface area contributed by atoms with Gasteiger partial charge in [0.2, 0.25) is 0 Å². The fourth-order valence-electron chi connectivity index (χ4n) is 2.90. The predicted octanol–water partition coefficient (Wildman–Crippen LogP) is 4.62. The zero-order valence-electron chi connectivity index (χ0n) is 12.6. The quantitative estimate of drug-likeness (QED) is 0.834. The molecule has 1 fully saturated rings. The van der Waals surface area contributed by atoms with Gasteiger partial charge in [-0.1, -0.05) is 23.2 Å². The van der Waals surface area contributed by atoms with E-state index in [0.29, 0.717) is 22.2 Å². The van der Waals surface area contributed by atoms with Crippen LogP contribution in [0.15, 0.2) is 35.0 Å². The van der Waals surface area contributed by atoms with Gasteiger partial charge in [0.15, 0.2) is 0 Å². The van der Waals surface area contributed by atoms with E-state index in [1.165, 1.54) is 18.4 Å². The Morgan fingerprint density at radius 1 is 1.22 bits per heavy atom. The molecule has 3 nitrogen and oxygen atoms in total. The molecule has 1 saturated heterocycles. The van der Waals surface area contributed by atoms with E-state index in [2.05, 4.69) is 27.0 Å². The standard InChI is InChI=1S/C17H18Cl2N2OS/c18-14-4-3-12(9-15(14)19)17(22)20-10-16(13-5-8-23-11-13)21-6-1-2-7-21/h3-5,8-9,11,16H,1-2,6-7,10H2,(H,20,22)/t16-/m1/s1. The van der Waals surface area contributed by atoms with Gasteiger partial charge in [-0.2, -0.15) is 11.3 Å². The number of thiophene rings is 1. The second-order valence-corrected chi connectivity index (χ2v) is 7.25. The molecule has 2 aromatic rings. The highest BCUT2D eigenvalue weighted by Crippen LogP contribution is 2.26. The summed E-state index contributed by atoms with van der Waals surface area (Å²) in [6.07, 6.45) is 2.45. The third-order valence-corrected chi connectivity index (χ3v) is 5.59. The van der Waals surface area contributed by atoms with E-state index in [1.807, 2.05) is 0 Å². The van der Waals surface area contributed by atoms with Gasteiger partial charge in [-0.05, 0) is 66.5 Å². The summed E-state index contributed by atoms with van der Waals surface area (Å²) in [6.45, 7) is 2.77.